The second-order valence-electron chi connectivity index (χ2n) is 5.83. The average molecular weight is 446 g/mol. The van der Waals surface area contributed by atoms with E-state index in [2.05, 4.69) is 4.98 Å². The molecule has 1 saturated heterocycles. The quantitative estimate of drug-likeness (QED) is 0.687. The van der Waals surface area contributed by atoms with Gasteiger partial charge in [0.15, 0.2) is 0 Å². The Morgan fingerprint density at radius 1 is 0.903 bits per heavy atom. The summed E-state index contributed by atoms with van der Waals surface area (Å²) in [5, 5.41) is 0. The van der Waals surface area contributed by atoms with Crippen LogP contribution in [0, 0.1) is 0 Å². The van der Waals surface area contributed by atoms with Crippen LogP contribution in [0.1, 0.15) is 64.7 Å². The zero-order valence-electron chi connectivity index (χ0n) is 20.0. The van der Waals surface area contributed by atoms with Crippen molar-refractivity contribution in [3.63, 3.8) is 0 Å². The third kappa shape index (κ3) is 10.0. The lowest BCUT2D eigenvalue weighted by Gasteiger charge is -2.20. The molecule has 3 radical (unpaired) electrons. The maximum absolute atomic E-state index is 12.3. The first-order valence-corrected chi connectivity index (χ1v) is 12.7. The lowest BCUT2D eigenvalue weighted by molar-refractivity contribution is 0.0982. The van der Waals surface area contributed by atoms with E-state index < -0.39 is 15.9 Å². The van der Waals surface area contributed by atoms with Gasteiger partial charge in [0.1, 0.15) is 5.82 Å². The number of sulfonamides is 1. The number of carbonyl (C=O) groups excluding carboxylic acids is 1. The molecule has 0 spiro atoms. The first-order valence-electron chi connectivity index (χ1n) is 10.8. The molecule has 0 unspecified atom stereocenters. The third-order valence-electron chi connectivity index (χ3n) is 3.87. The van der Waals surface area contributed by atoms with E-state index in [9.17, 15) is 13.2 Å². The summed E-state index contributed by atoms with van der Waals surface area (Å²) in [6, 6.07) is 13.1. The van der Waals surface area contributed by atoms with Gasteiger partial charge in [-0.3, -0.25) is 4.79 Å². The molecule has 1 aromatic heterocycles. The maximum atomic E-state index is 12.3. The molecule has 0 aliphatic carbocycles. The van der Waals surface area contributed by atoms with Crippen molar-refractivity contribution in [2.45, 2.75) is 54.4 Å². The molecule has 0 atom stereocenters. The van der Waals surface area contributed by atoms with Crippen molar-refractivity contribution in [3.05, 3.63) is 48.0 Å². The first-order chi connectivity index (χ1) is 14.4. The Labute approximate surface area is 191 Å². The Balaban J connectivity index is 0. The van der Waals surface area contributed by atoms with Crippen LogP contribution in [0.5, 0.6) is 0 Å². The van der Waals surface area contributed by atoms with E-state index in [4.69, 9.17) is 0 Å². The summed E-state index contributed by atoms with van der Waals surface area (Å²) < 4.78 is 24.8. The summed E-state index contributed by atoms with van der Waals surface area (Å²) in [7, 11) is -3.62. The number of amides is 1. The van der Waals surface area contributed by atoms with Crippen LogP contribution in [-0.4, -0.2) is 47.1 Å². The summed E-state index contributed by atoms with van der Waals surface area (Å²) in [6.07, 6.45) is 3.03. The van der Waals surface area contributed by atoms with Crippen LogP contribution in [0.3, 0.4) is 0 Å². The van der Waals surface area contributed by atoms with Gasteiger partial charge in [-0.15, -0.1) is 0 Å². The number of anilines is 1. The van der Waals surface area contributed by atoms with Crippen molar-refractivity contribution in [2.75, 3.05) is 24.2 Å². The molecule has 0 saturated carbocycles. The van der Waals surface area contributed by atoms with Gasteiger partial charge in [0.2, 0.25) is 10.0 Å². The normalized spacial score (nSPS) is 11.9. The Hall–Kier alpha value is -2.35. The van der Waals surface area contributed by atoms with Gasteiger partial charge in [-0.2, -0.15) is 0 Å². The highest BCUT2D eigenvalue weighted by atomic mass is 32.2. The summed E-state index contributed by atoms with van der Waals surface area (Å²) in [4.78, 5) is 19.0. The van der Waals surface area contributed by atoms with E-state index in [0.717, 1.165) is 43.4 Å². The van der Waals surface area contributed by atoms with Gasteiger partial charge < -0.3 is 4.90 Å². The largest absolute Gasteiger partial charge is 0.356 e. The number of nitrogens with one attached hydrogen (secondary N) is 1. The first kappa shape index (κ1) is 30.8. The van der Waals surface area contributed by atoms with Crippen molar-refractivity contribution in [3.8, 4) is 11.3 Å². The van der Waals surface area contributed by atoms with Crippen LogP contribution in [0.4, 0.5) is 5.82 Å². The predicted octanol–water partition coefficient (Wildman–Crippen LogP) is 4.74. The van der Waals surface area contributed by atoms with E-state index in [1.165, 1.54) is 0 Å². The monoisotopic (exact) mass is 446 g/mol. The van der Waals surface area contributed by atoms with Crippen molar-refractivity contribution >= 4 is 30.2 Å². The number of benzene rings is 1. The highest BCUT2D eigenvalue weighted by Crippen LogP contribution is 2.27. The summed E-state index contributed by atoms with van der Waals surface area (Å²) in [6.45, 7) is 13.6. The van der Waals surface area contributed by atoms with E-state index in [0.29, 0.717) is 5.82 Å². The minimum Gasteiger partial charge on any atom is -0.356 e. The minimum absolute atomic E-state index is 0. The molecule has 171 valence electrons. The molecular formula is C23H37BN3O3S. The van der Waals surface area contributed by atoms with Crippen LogP contribution in [-0.2, 0) is 10.0 Å². The van der Waals surface area contributed by atoms with E-state index in [1.54, 1.807) is 12.1 Å². The molecule has 1 aliphatic rings. The predicted molar refractivity (Wildman–Crippen MR) is 133 cm³/mol. The molecule has 0 bridgehead atoms. The average Bonchev–Trinajstić information content (AvgIpc) is 3.32. The Kier molecular flexibility index (Phi) is 16.3. The van der Waals surface area contributed by atoms with Gasteiger partial charge in [0, 0.05) is 27.1 Å². The summed E-state index contributed by atoms with van der Waals surface area (Å²) >= 11 is 0. The molecular weight excluding hydrogens is 409 g/mol. The Morgan fingerprint density at radius 3 is 1.90 bits per heavy atom. The molecule has 1 amide bonds. The number of rotatable bonds is 4. The molecule has 6 nitrogen and oxygen atoms in total. The van der Waals surface area contributed by atoms with Crippen molar-refractivity contribution in [1.29, 1.82) is 0 Å². The van der Waals surface area contributed by atoms with E-state index in [1.807, 2.05) is 81.5 Å². The molecule has 1 aromatic carbocycles. The van der Waals surface area contributed by atoms with Crippen molar-refractivity contribution in [1.82, 2.24) is 9.71 Å². The fourth-order valence-corrected chi connectivity index (χ4v) is 3.24. The standard InChI is InChI=1S/C17H19N3O3S.3C2H6.B/c1-24(22,23)19-17(21)14-9-10-15(13-7-3-2-4-8-13)18-16(14)20-11-5-6-12-20;3*1-2;/h2-4,7-10H,5-6,11-12H2,1H3,(H,19,21);3*1-2H3;. The molecule has 8 heteroatoms. The van der Waals surface area contributed by atoms with Crippen LogP contribution in [0.2, 0.25) is 0 Å². The van der Waals surface area contributed by atoms with E-state index >= 15 is 0 Å². The van der Waals surface area contributed by atoms with E-state index in [-0.39, 0.29) is 14.0 Å². The number of hydrogen-bond donors (Lipinski definition) is 1. The lowest BCUT2D eigenvalue weighted by atomic mass is 10.1. The zero-order valence-corrected chi connectivity index (χ0v) is 20.8. The maximum Gasteiger partial charge on any atom is 0.268 e. The van der Waals surface area contributed by atoms with Gasteiger partial charge in [0.05, 0.1) is 17.5 Å². The van der Waals surface area contributed by atoms with Crippen LogP contribution in [0.15, 0.2) is 42.5 Å². The van der Waals surface area contributed by atoms with Crippen LogP contribution < -0.4 is 9.62 Å². The third-order valence-corrected chi connectivity index (χ3v) is 4.43. The fourth-order valence-electron chi connectivity index (χ4n) is 2.79. The topological polar surface area (TPSA) is 79.4 Å². The van der Waals surface area contributed by atoms with Crippen LogP contribution in [0.25, 0.3) is 11.3 Å². The van der Waals surface area contributed by atoms with Gasteiger partial charge in [0.25, 0.3) is 5.91 Å². The molecule has 1 fully saturated rings. The number of pyridine rings is 1. The smallest absolute Gasteiger partial charge is 0.268 e. The summed E-state index contributed by atoms with van der Waals surface area (Å²) in [5.41, 5.74) is 1.99. The van der Waals surface area contributed by atoms with Crippen LogP contribution >= 0.6 is 0 Å². The van der Waals surface area contributed by atoms with Gasteiger partial charge in [-0.1, -0.05) is 71.9 Å². The molecule has 2 heterocycles. The van der Waals surface area contributed by atoms with Gasteiger partial charge >= 0.3 is 0 Å². The number of nitrogens with zero attached hydrogens (tertiary/aromatic N) is 2. The molecule has 3 rings (SSSR count). The Bertz CT molecular complexity index is 854. The number of aromatic nitrogens is 1. The Morgan fingerprint density at radius 2 is 1.42 bits per heavy atom. The van der Waals surface area contributed by atoms with Crippen molar-refractivity contribution in [2.24, 2.45) is 0 Å². The SMILES string of the molecule is CC.CC.CC.CS(=O)(=O)NC(=O)c1ccc(-c2ccccc2)nc1N1CCCC1.[B]. The highest BCUT2D eigenvalue weighted by Gasteiger charge is 2.23. The van der Waals surface area contributed by atoms with Crippen molar-refractivity contribution < 1.29 is 13.2 Å². The number of hydrogen-bond acceptors (Lipinski definition) is 5. The lowest BCUT2D eigenvalue weighted by Crippen LogP contribution is -2.32. The highest BCUT2D eigenvalue weighted by molar-refractivity contribution is 7.89. The van der Waals surface area contributed by atoms with Gasteiger partial charge in [-0.05, 0) is 25.0 Å². The molecule has 1 aliphatic heterocycles. The minimum atomic E-state index is -3.62. The van der Waals surface area contributed by atoms with Gasteiger partial charge in [-0.25, -0.2) is 18.1 Å². The fraction of sp³-hybridized carbons (Fsp3) is 0.478. The second kappa shape index (κ2) is 16.4. The molecule has 2 aromatic rings. The molecule has 1 N–H and O–H groups in total. The zero-order chi connectivity index (χ0) is 23.2. The summed E-state index contributed by atoms with van der Waals surface area (Å²) in [5.74, 6) is -0.110. The molecule has 31 heavy (non-hydrogen) atoms. The number of carbonyl (C=O) groups is 1. The second-order valence-corrected chi connectivity index (χ2v) is 7.58.